The van der Waals surface area contributed by atoms with E-state index in [1.165, 1.54) is 0 Å². The second-order valence-electron chi connectivity index (χ2n) is 5.15. The van der Waals surface area contributed by atoms with Crippen molar-refractivity contribution in [2.75, 3.05) is 32.1 Å². The molecule has 1 saturated heterocycles. The summed E-state index contributed by atoms with van der Waals surface area (Å²) in [5, 5.41) is 12.1. The van der Waals surface area contributed by atoms with Gasteiger partial charge in [0.15, 0.2) is 0 Å². The van der Waals surface area contributed by atoms with Gasteiger partial charge in [0, 0.05) is 19.6 Å². The van der Waals surface area contributed by atoms with E-state index in [-0.39, 0.29) is 17.4 Å². The predicted octanol–water partition coefficient (Wildman–Crippen LogP) is -0.0242. The summed E-state index contributed by atoms with van der Waals surface area (Å²) in [5.41, 5.74) is -0.318. The summed E-state index contributed by atoms with van der Waals surface area (Å²) in [6, 6.07) is 0. The first-order valence-corrected chi connectivity index (χ1v) is 6.67. The lowest BCUT2D eigenvalue weighted by atomic mass is 10.2. The largest absolute Gasteiger partial charge is 0.462 e. The van der Waals surface area contributed by atoms with Gasteiger partial charge in [-0.25, -0.2) is 0 Å². The maximum Gasteiger partial charge on any atom is 0.293 e. The number of carbonyl (C=O) groups is 2. The first-order valence-electron chi connectivity index (χ1n) is 6.14. The number of hydrogen-bond donors (Lipinski definition) is 2. The summed E-state index contributed by atoms with van der Waals surface area (Å²) < 4.78 is 4.55. The minimum Gasteiger partial charge on any atom is -0.462 e. The van der Waals surface area contributed by atoms with Gasteiger partial charge in [-0.3, -0.25) is 9.59 Å². The molecule has 0 aromatic rings. The summed E-state index contributed by atoms with van der Waals surface area (Å²) in [4.78, 5) is 22.4. The highest BCUT2D eigenvalue weighted by molar-refractivity contribution is 6.18. The normalized spacial score (nSPS) is 17.3. The highest BCUT2D eigenvalue weighted by Gasteiger charge is 2.19. The minimum atomic E-state index is -0.603. The van der Waals surface area contributed by atoms with Crippen molar-refractivity contribution in [2.24, 2.45) is 0 Å². The predicted molar refractivity (Wildman–Crippen MR) is 73.1 cm³/mol. The average molecular weight is 295 g/mol. The summed E-state index contributed by atoms with van der Waals surface area (Å²) >= 11 is 5.42. The Hall–Kier alpha value is -0.850. The van der Waals surface area contributed by atoms with Gasteiger partial charge in [-0.1, -0.05) is 0 Å². The van der Waals surface area contributed by atoms with Crippen molar-refractivity contribution >= 4 is 24.0 Å². The number of nitrogens with one attached hydrogen (secondary N) is 1. The highest BCUT2D eigenvalue weighted by atomic mass is 35.5. The summed E-state index contributed by atoms with van der Waals surface area (Å²) in [5.74, 6) is 0.211. The maximum atomic E-state index is 11.2. The van der Waals surface area contributed by atoms with Crippen molar-refractivity contribution in [2.45, 2.75) is 32.5 Å². The lowest BCUT2D eigenvalue weighted by molar-refractivity contribution is -0.138. The van der Waals surface area contributed by atoms with E-state index >= 15 is 0 Å². The number of β-amino-alcohol motifs (C(OH)–C–C–N with tert-alkyl or cyclic N) is 1. The van der Waals surface area contributed by atoms with Crippen LogP contribution in [-0.2, 0) is 14.3 Å². The molecule has 0 aromatic carbocycles. The van der Waals surface area contributed by atoms with E-state index < -0.39 is 6.10 Å². The summed E-state index contributed by atoms with van der Waals surface area (Å²) in [6.45, 7) is 8.09. The Morgan fingerprint density at radius 3 is 2.58 bits per heavy atom. The van der Waals surface area contributed by atoms with Crippen LogP contribution >= 0.6 is 11.6 Å². The average Bonchev–Trinajstić information content (AvgIpc) is 2.31. The Kier molecular flexibility index (Phi) is 8.71. The molecular weight excluding hydrogens is 272 g/mol. The van der Waals surface area contributed by atoms with Gasteiger partial charge in [-0.05, 0) is 20.8 Å². The number of amides is 1. The second kappa shape index (κ2) is 9.12. The second-order valence-corrected chi connectivity index (χ2v) is 5.46. The molecule has 2 N–H and O–H groups in total. The summed E-state index contributed by atoms with van der Waals surface area (Å²) in [7, 11) is 0. The molecule has 1 rings (SSSR count). The molecule has 0 aromatic heterocycles. The lowest BCUT2D eigenvalue weighted by Crippen LogP contribution is -2.50. The van der Waals surface area contributed by atoms with Gasteiger partial charge < -0.3 is 20.1 Å². The van der Waals surface area contributed by atoms with Crippen LogP contribution in [0.15, 0.2) is 0 Å². The zero-order chi connectivity index (χ0) is 14.9. The van der Waals surface area contributed by atoms with Gasteiger partial charge in [0.1, 0.15) is 5.60 Å². The number of aliphatic hydroxyl groups excluding tert-OH is 1. The third-order valence-corrected chi connectivity index (χ3v) is 2.55. The molecular formula is C12H23ClN2O4. The molecule has 0 radical (unpaired) electrons. The van der Waals surface area contributed by atoms with Crippen LogP contribution in [0.5, 0.6) is 0 Å². The van der Waals surface area contributed by atoms with Crippen LogP contribution in [0.25, 0.3) is 0 Å². The monoisotopic (exact) mass is 294 g/mol. The third kappa shape index (κ3) is 9.69. The van der Waals surface area contributed by atoms with E-state index in [0.717, 1.165) is 6.54 Å². The molecule has 19 heavy (non-hydrogen) atoms. The lowest BCUT2D eigenvalue weighted by Gasteiger charge is -2.28. The van der Waals surface area contributed by atoms with E-state index in [2.05, 4.69) is 10.1 Å². The fourth-order valence-corrected chi connectivity index (χ4v) is 1.38. The van der Waals surface area contributed by atoms with Crippen LogP contribution in [-0.4, -0.2) is 66.1 Å². The first-order chi connectivity index (χ1) is 8.80. The highest BCUT2D eigenvalue weighted by Crippen LogP contribution is 2.02. The van der Waals surface area contributed by atoms with E-state index in [0.29, 0.717) is 26.1 Å². The molecule has 0 aliphatic carbocycles. The molecule has 6 nitrogen and oxygen atoms in total. The van der Waals surface area contributed by atoms with Crippen molar-refractivity contribution < 1.29 is 19.4 Å². The van der Waals surface area contributed by atoms with Gasteiger partial charge in [0.05, 0.1) is 18.5 Å². The molecule has 112 valence electrons. The molecule has 1 amide bonds. The van der Waals surface area contributed by atoms with E-state index in [9.17, 15) is 14.7 Å². The van der Waals surface area contributed by atoms with Gasteiger partial charge in [0.25, 0.3) is 6.47 Å². The summed E-state index contributed by atoms with van der Waals surface area (Å²) in [6.07, 6.45) is -0.603. The van der Waals surface area contributed by atoms with Crippen molar-refractivity contribution in [3.63, 3.8) is 0 Å². The number of nitrogens with zero attached hydrogens (tertiary/aromatic N) is 1. The van der Waals surface area contributed by atoms with Crippen LogP contribution < -0.4 is 5.32 Å². The molecule has 1 aliphatic heterocycles. The topological polar surface area (TPSA) is 78.9 Å². The molecule has 0 spiro atoms. The SMILES string of the molecule is CC(C)(C)OC=O.O=C1CNCCN1CC(O)CCl. The van der Waals surface area contributed by atoms with Gasteiger partial charge in [0.2, 0.25) is 5.91 Å². The Morgan fingerprint density at radius 1 is 1.58 bits per heavy atom. The molecule has 7 heteroatoms. The fourth-order valence-electron chi connectivity index (χ4n) is 1.29. The maximum absolute atomic E-state index is 11.2. The number of rotatable bonds is 4. The van der Waals surface area contributed by atoms with Crippen molar-refractivity contribution in [1.29, 1.82) is 0 Å². The number of piperazine rings is 1. The van der Waals surface area contributed by atoms with Crippen molar-refractivity contribution in [1.82, 2.24) is 10.2 Å². The number of ether oxygens (including phenoxy) is 1. The smallest absolute Gasteiger partial charge is 0.293 e. The molecule has 0 saturated carbocycles. The van der Waals surface area contributed by atoms with Gasteiger partial charge in [-0.15, -0.1) is 11.6 Å². The van der Waals surface area contributed by atoms with E-state index in [1.54, 1.807) is 4.90 Å². The van der Waals surface area contributed by atoms with Crippen molar-refractivity contribution in [3.8, 4) is 0 Å². The molecule has 1 unspecified atom stereocenters. The van der Waals surface area contributed by atoms with Gasteiger partial charge >= 0.3 is 0 Å². The number of halogens is 1. The standard InChI is InChI=1S/C7H13ClN2O2.C5H10O2/c8-3-6(11)5-10-2-1-9-4-7(10)12;1-5(2,3)7-4-6/h6,9,11H,1-5H2;4H,1-3H3. The van der Waals surface area contributed by atoms with Crippen LogP contribution in [0.3, 0.4) is 0 Å². The van der Waals surface area contributed by atoms with E-state index in [1.807, 2.05) is 20.8 Å². The molecule has 1 atom stereocenters. The number of carbonyl (C=O) groups excluding carboxylic acids is 2. The molecule has 0 bridgehead atoms. The molecule has 1 heterocycles. The molecule has 1 fully saturated rings. The molecule has 1 aliphatic rings. The zero-order valence-corrected chi connectivity index (χ0v) is 12.4. The zero-order valence-electron chi connectivity index (χ0n) is 11.7. The third-order valence-electron chi connectivity index (χ3n) is 2.20. The number of alkyl halides is 1. The Bertz CT molecular complexity index is 281. The first kappa shape index (κ1) is 18.1. The van der Waals surface area contributed by atoms with Crippen LogP contribution in [0, 0.1) is 0 Å². The van der Waals surface area contributed by atoms with Crippen LogP contribution in [0.2, 0.25) is 0 Å². The minimum absolute atomic E-state index is 0.0328. The van der Waals surface area contributed by atoms with Gasteiger partial charge in [-0.2, -0.15) is 0 Å². The Labute approximate surface area is 119 Å². The fraction of sp³-hybridized carbons (Fsp3) is 0.833. The number of aliphatic hydroxyl groups is 1. The van der Waals surface area contributed by atoms with Crippen molar-refractivity contribution in [3.05, 3.63) is 0 Å². The number of hydrogen-bond acceptors (Lipinski definition) is 5. The van der Waals surface area contributed by atoms with E-state index in [4.69, 9.17) is 11.6 Å². The van der Waals surface area contributed by atoms with Crippen LogP contribution in [0.1, 0.15) is 20.8 Å². The Morgan fingerprint density at radius 2 is 2.21 bits per heavy atom. The van der Waals surface area contributed by atoms with Crippen LogP contribution in [0.4, 0.5) is 0 Å². The quantitative estimate of drug-likeness (QED) is 0.563. The Balaban J connectivity index is 0.000000399.